The highest BCUT2D eigenvalue weighted by molar-refractivity contribution is 5.84. The van der Waals surface area contributed by atoms with E-state index in [9.17, 15) is 9.59 Å². The number of carbonyl (C=O) groups excluding carboxylic acids is 2. The zero-order valence-corrected chi connectivity index (χ0v) is 12.3. The van der Waals surface area contributed by atoms with E-state index in [-0.39, 0.29) is 5.91 Å². The van der Waals surface area contributed by atoms with E-state index in [4.69, 9.17) is 9.47 Å². The smallest absolute Gasteiger partial charge is 0.335 e. The molecule has 0 aromatic heterocycles. The first-order valence-corrected chi connectivity index (χ1v) is 6.59. The van der Waals surface area contributed by atoms with Crippen molar-refractivity contribution >= 4 is 11.9 Å². The van der Waals surface area contributed by atoms with E-state index < -0.39 is 18.2 Å². The van der Waals surface area contributed by atoms with Crippen molar-refractivity contribution in [3.63, 3.8) is 0 Å². The lowest BCUT2D eigenvalue weighted by atomic mass is 10.1. The van der Waals surface area contributed by atoms with E-state index >= 15 is 0 Å². The van der Waals surface area contributed by atoms with Crippen molar-refractivity contribution in [3.05, 3.63) is 12.7 Å². The summed E-state index contributed by atoms with van der Waals surface area (Å²) in [6, 6.07) is 0. The van der Waals surface area contributed by atoms with Crippen LogP contribution in [0.2, 0.25) is 0 Å². The molecular weight excluding hydrogens is 246 g/mol. The fourth-order valence-corrected chi connectivity index (χ4v) is 1.19. The summed E-state index contributed by atoms with van der Waals surface area (Å²) in [7, 11) is 0. The van der Waals surface area contributed by atoms with Gasteiger partial charge in [-0.1, -0.05) is 19.9 Å². The van der Waals surface area contributed by atoms with E-state index in [0.717, 1.165) is 6.42 Å². The molecule has 0 spiro atoms. The van der Waals surface area contributed by atoms with Crippen molar-refractivity contribution in [1.29, 1.82) is 0 Å². The third-order valence-electron chi connectivity index (χ3n) is 2.48. The SMILES string of the molecule is C=CCNC(=O)C(C)OC(=O)C(C)OCCC(C)C. The largest absolute Gasteiger partial charge is 0.451 e. The number of rotatable bonds is 9. The Balaban J connectivity index is 3.99. The summed E-state index contributed by atoms with van der Waals surface area (Å²) >= 11 is 0. The number of hydrogen-bond donors (Lipinski definition) is 1. The Morgan fingerprint density at radius 1 is 1.21 bits per heavy atom. The fourth-order valence-electron chi connectivity index (χ4n) is 1.19. The second kappa shape index (κ2) is 9.55. The van der Waals surface area contributed by atoms with Gasteiger partial charge in [-0.05, 0) is 26.2 Å². The summed E-state index contributed by atoms with van der Waals surface area (Å²) in [5.74, 6) is -0.348. The average Bonchev–Trinajstić information content (AvgIpc) is 2.34. The van der Waals surface area contributed by atoms with E-state index in [1.807, 2.05) is 0 Å². The van der Waals surface area contributed by atoms with Crippen LogP contribution in [0.5, 0.6) is 0 Å². The Labute approximate surface area is 115 Å². The lowest BCUT2D eigenvalue weighted by molar-refractivity contribution is -0.165. The number of carbonyl (C=O) groups is 2. The molecule has 0 aliphatic rings. The van der Waals surface area contributed by atoms with Gasteiger partial charge in [0.15, 0.2) is 12.2 Å². The Hall–Kier alpha value is -1.36. The summed E-state index contributed by atoms with van der Waals surface area (Å²) < 4.78 is 10.4. The maximum atomic E-state index is 11.7. The number of esters is 1. The summed E-state index contributed by atoms with van der Waals surface area (Å²) in [5.41, 5.74) is 0. The maximum Gasteiger partial charge on any atom is 0.335 e. The molecule has 0 bridgehead atoms. The van der Waals surface area contributed by atoms with Crippen LogP contribution in [0.4, 0.5) is 0 Å². The molecule has 0 rings (SSSR count). The number of nitrogens with one attached hydrogen (secondary N) is 1. The molecule has 5 heteroatoms. The molecule has 1 amide bonds. The van der Waals surface area contributed by atoms with E-state index in [1.54, 1.807) is 13.0 Å². The number of ether oxygens (including phenoxy) is 2. The van der Waals surface area contributed by atoms with Gasteiger partial charge in [-0.3, -0.25) is 4.79 Å². The lowest BCUT2D eigenvalue weighted by Gasteiger charge is -2.17. The Morgan fingerprint density at radius 3 is 2.37 bits per heavy atom. The predicted molar refractivity (Wildman–Crippen MR) is 73.6 cm³/mol. The highest BCUT2D eigenvalue weighted by Crippen LogP contribution is 2.04. The van der Waals surface area contributed by atoms with Crippen LogP contribution in [0.15, 0.2) is 12.7 Å². The molecule has 0 aromatic rings. The molecule has 0 aromatic carbocycles. The first-order chi connectivity index (χ1) is 8.88. The van der Waals surface area contributed by atoms with Gasteiger partial charge in [0.1, 0.15) is 0 Å². The molecule has 0 aliphatic carbocycles. The topological polar surface area (TPSA) is 64.6 Å². The molecule has 0 radical (unpaired) electrons. The first kappa shape index (κ1) is 17.6. The molecule has 110 valence electrons. The van der Waals surface area contributed by atoms with Crippen molar-refractivity contribution in [2.24, 2.45) is 5.92 Å². The molecule has 1 N–H and O–H groups in total. The third kappa shape index (κ3) is 8.37. The van der Waals surface area contributed by atoms with Gasteiger partial charge in [0, 0.05) is 13.2 Å². The van der Waals surface area contributed by atoms with Crippen LogP contribution in [-0.2, 0) is 19.1 Å². The lowest BCUT2D eigenvalue weighted by Crippen LogP contribution is -2.38. The molecular formula is C14H25NO4. The first-order valence-electron chi connectivity index (χ1n) is 6.59. The minimum Gasteiger partial charge on any atom is -0.451 e. The van der Waals surface area contributed by atoms with Crippen LogP contribution in [-0.4, -0.2) is 37.2 Å². The van der Waals surface area contributed by atoms with Gasteiger partial charge in [-0.2, -0.15) is 0 Å². The highest BCUT2D eigenvalue weighted by atomic mass is 16.6. The summed E-state index contributed by atoms with van der Waals surface area (Å²) in [4.78, 5) is 23.1. The standard InChI is InChI=1S/C14H25NO4/c1-6-8-15-13(16)11(4)19-14(17)12(5)18-9-7-10(2)3/h6,10-12H,1,7-9H2,2-5H3,(H,15,16). The Morgan fingerprint density at radius 2 is 1.84 bits per heavy atom. The summed E-state index contributed by atoms with van der Waals surface area (Å²) in [5, 5.41) is 2.56. The second-order valence-electron chi connectivity index (χ2n) is 4.81. The zero-order valence-electron chi connectivity index (χ0n) is 12.3. The van der Waals surface area contributed by atoms with Gasteiger partial charge in [0.05, 0.1) is 0 Å². The van der Waals surface area contributed by atoms with E-state index in [0.29, 0.717) is 19.1 Å². The van der Waals surface area contributed by atoms with Gasteiger partial charge in [0.25, 0.3) is 5.91 Å². The van der Waals surface area contributed by atoms with Gasteiger partial charge in [-0.15, -0.1) is 6.58 Å². The van der Waals surface area contributed by atoms with E-state index in [1.165, 1.54) is 6.92 Å². The minimum atomic E-state index is -0.830. The molecule has 0 fully saturated rings. The van der Waals surface area contributed by atoms with Crippen molar-refractivity contribution in [1.82, 2.24) is 5.32 Å². The molecule has 0 aliphatic heterocycles. The minimum absolute atomic E-state index is 0.345. The molecule has 5 nitrogen and oxygen atoms in total. The molecule has 2 atom stereocenters. The van der Waals surface area contributed by atoms with Crippen molar-refractivity contribution < 1.29 is 19.1 Å². The van der Waals surface area contributed by atoms with Gasteiger partial charge >= 0.3 is 5.97 Å². The second-order valence-corrected chi connectivity index (χ2v) is 4.81. The van der Waals surface area contributed by atoms with Crippen LogP contribution in [0.1, 0.15) is 34.1 Å². The summed E-state index contributed by atoms with van der Waals surface area (Å²) in [6.07, 6.45) is 0.953. The average molecular weight is 271 g/mol. The Kier molecular flexibility index (Phi) is 8.87. The van der Waals surface area contributed by atoms with Crippen LogP contribution >= 0.6 is 0 Å². The maximum absolute atomic E-state index is 11.7. The van der Waals surface area contributed by atoms with Crippen LogP contribution in [0.3, 0.4) is 0 Å². The van der Waals surface area contributed by atoms with Crippen molar-refractivity contribution in [2.75, 3.05) is 13.2 Å². The summed E-state index contributed by atoms with van der Waals surface area (Å²) in [6.45, 7) is 11.7. The molecule has 2 unspecified atom stereocenters. The van der Waals surface area contributed by atoms with Crippen LogP contribution < -0.4 is 5.32 Å². The monoisotopic (exact) mass is 271 g/mol. The molecule has 0 saturated carbocycles. The van der Waals surface area contributed by atoms with Crippen molar-refractivity contribution in [3.8, 4) is 0 Å². The van der Waals surface area contributed by atoms with Crippen LogP contribution in [0.25, 0.3) is 0 Å². The van der Waals surface area contributed by atoms with Gasteiger partial charge in [-0.25, -0.2) is 4.79 Å². The highest BCUT2D eigenvalue weighted by Gasteiger charge is 2.21. The number of amides is 1. The number of hydrogen-bond acceptors (Lipinski definition) is 4. The molecule has 0 heterocycles. The van der Waals surface area contributed by atoms with Gasteiger partial charge in [0.2, 0.25) is 0 Å². The fraction of sp³-hybridized carbons (Fsp3) is 0.714. The Bertz CT molecular complexity index is 302. The predicted octanol–water partition coefficient (Wildman–Crippen LogP) is 1.67. The quantitative estimate of drug-likeness (QED) is 0.512. The van der Waals surface area contributed by atoms with Crippen molar-refractivity contribution in [2.45, 2.75) is 46.3 Å². The van der Waals surface area contributed by atoms with E-state index in [2.05, 4.69) is 25.7 Å². The molecule has 19 heavy (non-hydrogen) atoms. The zero-order chi connectivity index (χ0) is 14.8. The third-order valence-corrected chi connectivity index (χ3v) is 2.48. The van der Waals surface area contributed by atoms with Gasteiger partial charge < -0.3 is 14.8 Å². The normalized spacial score (nSPS) is 13.7. The van der Waals surface area contributed by atoms with Crippen LogP contribution in [0, 0.1) is 5.92 Å². The molecule has 0 saturated heterocycles.